The third kappa shape index (κ3) is 3.27. The van der Waals surface area contributed by atoms with Crippen LogP contribution in [0, 0.1) is 0 Å². The van der Waals surface area contributed by atoms with E-state index in [2.05, 4.69) is 0 Å². The summed E-state index contributed by atoms with van der Waals surface area (Å²) in [6.07, 6.45) is 0. The summed E-state index contributed by atoms with van der Waals surface area (Å²) in [4.78, 5) is 12.1. The zero-order chi connectivity index (χ0) is 13.0. The first-order valence-corrected chi connectivity index (χ1v) is 5.58. The molecular weight excluding hydrogens is 238 g/mol. The number of benzene rings is 1. The minimum atomic E-state index is -0.847. The first-order chi connectivity index (χ1) is 8.65. The van der Waals surface area contributed by atoms with Crippen molar-refractivity contribution >= 4 is 5.97 Å². The number of carbonyl (C=O) groups is 1. The van der Waals surface area contributed by atoms with Gasteiger partial charge < -0.3 is 19.3 Å². The highest BCUT2D eigenvalue weighted by Crippen LogP contribution is 2.34. The molecule has 1 aromatic rings. The molecule has 98 valence electrons. The van der Waals surface area contributed by atoms with Gasteiger partial charge in [0.05, 0.1) is 6.54 Å². The highest BCUT2D eigenvalue weighted by molar-refractivity contribution is 5.68. The summed E-state index contributed by atoms with van der Waals surface area (Å²) in [6.45, 7) is 1.20. The minimum Gasteiger partial charge on any atom is -0.492 e. The first-order valence-electron chi connectivity index (χ1n) is 5.58. The van der Waals surface area contributed by atoms with Crippen LogP contribution in [-0.2, 0) is 4.79 Å². The molecule has 0 aliphatic carbocycles. The van der Waals surface area contributed by atoms with E-state index >= 15 is 0 Å². The number of hydrogen-bond donors (Lipinski definition) is 1. The number of ether oxygens (including phenoxy) is 3. The molecule has 6 heteroatoms. The second-order valence-corrected chi connectivity index (χ2v) is 4.00. The van der Waals surface area contributed by atoms with E-state index < -0.39 is 5.97 Å². The predicted molar refractivity (Wildman–Crippen MR) is 63.2 cm³/mol. The molecule has 0 radical (unpaired) electrons. The maximum atomic E-state index is 10.5. The van der Waals surface area contributed by atoms with E-state index in [0.717, 1.165) is 0 Å². The Bertz CT molecular complexity index is 434. The number of aliphatic carboxylic acids is 1. The lowest BCUT2D eigenvalue weighted by atomic mass is 10.3. The van der Waals surface area contributed by atoms with Gasteiger partial charge >= 0.3 is 5.97 Å². The van der Waals surface area contributed by atoms with Crippen LogP contribution in [0.5, 0.6) is 17.2 Å². The molecule has 0 saturated carbocycles. The molecule has 1 aliphatic rings. The van der Waals surface area contributed by atoms with Gasteiger partial charge in [0.2, 0.25) is 6.79 Å². The van der Waals surface area contributed by atoms with Crippen LogP contribution in [0.15, 0.2) is 18.2 Å². The Morgan fingerprint density at radius 1 is 1.44 bits per heavy atom. The Kier molecular flexibility index (Phi) is 3.88. The molecule has 0 unspecified atom stereocenters. The molecule has 1 aliphatic heterocycles. The van der Waals surface area contributed by atoms with Crippen LogP contribution in [-0.4, -0.2) is 49.5 Å². The zero-order valence-electron chi connectivity index (χ0n) is 10.1. The second kappa shape index (κ2) is 5.59. The Balaban J connectivity index is 1.78. The quantitative estimate of drug-likeness (QED) is 0.809. The average Bonchev–Trinajstić information content (AvgIpc) is 2.75. The number of rotatable bonds is 6. The predicted octanol–water partition coefficient (Wildman–Crippen LogP) is 0.810. The number of carboxylic acid groups (broad SMARTS) is 1. The van der Waals surface area contributed by atoms with Gasteiger partial charge in [-0.1, -0.05) is 0 Å². The fraction of sp³-hybridized carbons (Fsp3) is 0.417. The molecule has 6 nitrogen and oxygen atoms in total. The van der Waals surface area contributed by atoms with Crippen LogP contribution in [0.4, 0.5) is 0 Å². The third-order valence-electron chi connectivity index (χ3n) is 2.49. The molecule has 1 N–H and O–H groups in total. The minimum absolute atomic E-state index is 0.00446. The maximum absolute atomic E-state index is 10.5. The van der Waals surface area contributed by atoms with Crippen molar-refractivity contribution in [2.24, 2.45) is 0 Å². The van der Waals surface area contributed by atoms with E-state index in [1.54, 1.807) is 30.1 Å². The van der Waals surface area contributed by atoms with E-state index in [0.29, 0.717) is 30.4 Å². The van der Waals surface area contributed by atoms with Crippen molar-refractivity contribution in [1.82, 2.24) is 4.90 Å². The largest absolute Gasteiger partial charge is 0.492 e. The standard InChI is InChI=1S/C12H15NO5/c1-13(7-12(14)15)4-5-16-9-2-3-10-11(6-9)18-8-17-10/h2-3,6H,4-5,7-8H2,1H3,(H,14,15). The Morgan fingerprint density at radius 2 is 2.22 bits per heavy atom. The zero-order valence-corrected chi connectivity index (χ0v) is 10.1. The smallest absolute Gasteiger partial charge is 0.317 e. The SMILES string of the molecule is CN(CCOc1ccc2c(c1)OCO2)CC(=O)O. The van der Waals surface area contributed by atoms with Crippen LogP contribution >= 0.6 is 0 Å². The average molecular weight is 253 g/mol. The van der Waals surface area contributed by atoms with Gasteiger partial charge in [0, 0.05) is 12.6 Å². The van der Waals surface area contributed by atoms with Crippen molar-refractivity contribution in [2.75, 3.05) is 33.5 Å². The molecule has 1 aromatic carbocycles. The van der Waals surface area contributed by atoms with Gasteiger partial charge in [-0.2, -0.15) is 0 Å². The summed E-state index contributed by atoms with van der Waals surface area (Å²) >= 11 is 0. The monoisotopic (exact) mass is 253 g/mol. The molecule has 0 bridgehead atoms. The highest BCUT2D eigenvalue weighted by atomic mass is 16.7. The Hall–Kier alpha value is -1.95. The highest BCUT2D eigenvalue weighted by Gasteiger charge is 2.13. The van der Waals surface area contributed by atoms with Crippen molar-refractivity contribution in [1.29, 1.82) is 0 Å². The van der Waals surface area contributed by atoms with E-state index in [1.807, 2.05) is 0 Å². The molecule has 0 spiro atoms. The van der Waals surface area contributed by atoms with E-state index in [9.17, 15) is 4.79 Å². The Morgan fingerprint density at radius 3 is 3.00 bits per heavy atom. The lowest BCUT2D eigenvalue weighted by Gasteiger charge is -2.14. The molecular formula is C12H15NO5. The van der Waals surface area contributed by atoms with Crippen LogP contribution in [0.3, 0.4) is 0 Å². The van der Waals surface area contributed by atoms with Gasteiger partial charge in [-0.05, 0) is 19.2 Å². The molecule has 0 aromatic heterocycles. The van der Waals surface area contributed by atoms with Gasteiger partial charge in [0.1, 0.15) is 12.4 Å². The number of hydrogen-bond acceptors (Lipinski definition) is 5. The van der Waals surface area contributed by atoms with Gasteiger partial charge in [-0.3, -0.25) is 9.69 Å². The molecule has 2 rings (SSSR count). The summed E-state index contributed by atoms with van der Waals surface area (Å²) in [5.74, 6) is 1.22. The van der Waals surface area contributed by atoms with Crippen molar-refractivity contribution in [3.63, 3.8) is 0 Å². The van der Waals surface area contributed by atoms with Gasteiger partial charge in [0.25, 0.3) is 0 Å². The fourth-order valence-corrected chi connectivity index (χ4v) is 1.60. The second-order valence-electron chi connectivity index (χ2n) is 4.00. The number of fused-ring (bicyclic) bond motifs is 1. The normalized spacial score (nSPS) is 12.8. The van der Waals surface area contributed by atoms with Crippen molar-refractivity contribution in [3.05, 3.63) is 18.2 Å². The third-order valence-corrected chi connectivity index (χ3v) is 2.49. The molecule has 0 amide bonds. The molecule has 18 heavy (non-hydrogen) atoms. The van der Waals surface area contributed by atoms with Crippen LogP contribution in [0.25, 0.3) is 0 Å². The van der Waals surface area contributed by atoms with Gasteiger partial charge in [-0.15, -0.1) is 0 Å². The van der Waals surface area contributed by atoms with Crippen LogP contribution in [0.2, 0.25) is 0 Å². The van der Waals surface area contributed by atoms with Crippen molar-refractivity contribution < 1.29 is 24.1 Å². The molecule has 0 fully saturated rings. The lowest BCUT2D eigenvalue weighted by Crippen LogP contribution is -2.29. The fourth-order valence-electron chi connectivity index (χ4n) is 1.60. The summed E-state index contributed by atoms with van der Waals surface area (Å²) < 4.78 is 15.9. The molecule has 1 heterocycles. The summed E-state index contributed by atoms with van der Waals surface area (Å²) in [7, 11) is 1.73. The van der Waals surface area contributed by atoms with E-state index in [4.69, 9.17) is 19.3 Å². The van der Waals surface area contributed by atoms with Gasteiger partial charge in [-0.25, -0.2) is 0 Å². The van der Waals surface area contributed by atoms with Crippen LogP contribution < -0.4 is 14.2 Å². The summed E-state index contributed by atoms with van der Waals surface area (Å²) in [5, 5.41) is 8.59. The van der Waals surface area contributed by atoms with Gasteiger partial charge in [0.15, 0.2) is 11.5 Å². The maximum Gasteiger partial charge on any atom is 0.317 e. The summed E-state index contributed by atoms with van der Waals surface area (Å²) in [5.41, 5.74) is 0. The number of likely N-dealkylation sites (N-methyl/N-ethyl adjacent to an activating group) is 1. The van der Waals surface area contributed by atoms with Crippen LogP contribution in [0.1, 0.15) is 0 Å². The number of carboxylic acids is 1. The molecule has 0 atom stereocenters. The van der Waals surface area contributed by atoms with Crippen molar-refractivity contribution in [3.8, 4) is 17.2 Å². The van der Waals surface area contributed by atoms with E-state index in [-0.39, 0.29) is 13.3 Å². The van der Waals surface area contributed by atoms with E-state index in [1.165, 1.54) is 0 Å². The molecule has 0 saturated heterocycles. The summed E-state index contributed by atoms with van der Waals surface area (Å²) in [6, 6.07) is 5.35. The first kappa shape index (κ1) is 12.5. The Labute approximate surface area is 105 Å². The van der Waals surface area contributed by atoms with Crippen molar-refractivity contribution in [2.45, 2.75) is 0 Å². The number of nitrogens with zero attached hydrogens (tertiary/aromatic N) is 1. The topological polar surface area (TPSA) is 68.2 Å². The lowest BCUT2D eigenvalue weighted by molar-refractivity contribution is -0.138.